The highest BCUT2D eigenvalue weighted by Crippen LogP contribution is 2.21. The molecule has 0 radical (unpaired) electrons. The molecule has 0 saturated carbocycles. The van der Waals surface area contributed by atoms with E-state index >= 15 is 0 Å². The van der Waals surface area contributed by atoms with E-state index in [1.807, 2.05) is 0 Å². The van der Waals surface area contributed by atoms with Gasteiger partial charge in [0.05, 0.1) is 0 Å². The Bertz CT molecular complexity index is 281. The van der Waals surface area contributed by atoms with Crippen molar-refractivity contribution in [2.45, 2.75) is 19.8 Å². The normalized spacial score (nSPS) is 12.9. The van der Waals surface area contributed by atoms with E-state index in [0.717, 1.165) is 6.42 Å². The summed E-state index contributed by atoms with van der Waals surface area (Å²) in [7, 11) is 0. The highest BCUT2D eigenvalue weighted by Gasteiger charge is 2.08. The van der Waals surface area contributed by atoms with Gasteiger partial charge in [-0.2, -0.15) is 0 Å². The van der Waals surface area contributed by atoms with Crippen molar-refractivity contribution in [3.63, 3.8) is 0 Å². The van der Waals surface area contributed by atoms with Crippen LogP contribution in [0.1, 0.15) is 18.9 Å². The van der Waals surface area contributed by atoms with Crippen LogP contribution in [0.15, 0.2) is 18.2 Å². The summed E-state index contributed by atoms with van der Waals surface area (Å²) in [5.74, 6) is 0.187. The van der Waals surface area contributed by atoms with Crippen molar-refractivity contribution < 1.29 is 4.39 Å². The third-order valence-corrected chi connectivity index (χ3v) is 2.71. The Labute approximate surface area is 89.1 Å². The summed E-state index contributed by atoms with van der Waals surface area (Å²) in [4.78, 5) is 0. The predicted octanol–water partition coefficient (Wildman–Crippen LogP) is 3.01. The second kappa shape index (κ2) is 5.32. The summed E-state index contributed by atoms with van der Waals surface area (Å²) >= 11 is 5.88. The fraction of sp³-hybridized carbons (Fsp3) is 0.455. The van der Waals surface area contributed by atoms with Crippen LogP contribution in [-0.2, 0) is 6.42 Å². The van der Waals surface area contributed by atoms with E-state index in [1.165, 1.54) is 6.07 Å². The monoisotopic (exact) mass is 215 g/mol. The van der Waals surface area contributed by atoms with Crippen LogP contribution in [0.25, 0.3) is 0 Å². The van der Waals surface area contributed by atoms with Crippen LogP contribution >= 0.6 is 11.6 Å². The lowest BCUT2D eigenvalue weighted by Gasteiger charge is -2.09. The summed E-state index contributed by atoms with van der Waals surface area (Å²) in [6.07, 6.45) is 1.53. The summed E-state index contributed by atoms with van der Waals surface area (Å²) < 4.78 is 13.3. The molecule has 0 fully saturated rings. The molecule has 0 aromatic heterocycles. The lowest BCUT2D eigenvalue weighted by molar-refractivity contribution is 0.529. The molecular formula is C11H15ClFN. The summed E-state index contributed by atoms with van der Waals surface area (Å²) in [5, 5.41) is 0.509. The second-order valence-electron chi connectivity index (χ2n) is 3.58. The van der Waals surface area contributed by atoms with Crippen molar-refractivity contribution in [3.8, 4) is 0 Å². The summed E-state index contributed by atoms with van der Waals surface area (Å²) in [6, 6.07) is 4.77. The summed E-state index contributed by atoms with van der Waals surface area (Å²) in [5.41, 5.74) is 6.09. The van der Waals surface area contributed by atoms with E-state index in [2.05, 4.69) is 6.92 Å². The lowest BCUT2D eigenvalue weighted by Crippen LogP contribution is -2.11. The number of hydrogen-bond donors (Lipinski definition) is 1. The van der Waals surface area contributed by atoms with Gasteiger partial charge in [-0.25, -0.2) is 4.39 Å². The SMILES string of the molecule is CC(CN)CCc1c(F)cccc1Cl. The van der Waals surface area contributed by atoms with Gasteiger partial charge in [0.2, 0.25) is 0 Å². The number of halogens is 2. The maximum atomic E-state index is 13.3. The number of nitrogens with two attached hydrogens (primary N) is 1. The average Bonchev–Trinajstić information content (AvgIpc) is 2.16. The van der Waals surface area contributed by atoms with Gasteiger partial charge in [0, 0.05) is 10.6 Å². The van der Waals surface area contributed by atoms with E-state index in [-0.39, 0.29) is 5.82 Å². The molecule has 0 bridgehead atoms. The van der Waals surface area contributed by atoms with E-state index in [4.69, 9.17) is 17.3 Å². The van der Waals surface area contributed by atoms with Gasteiger partial charge < -0.3 is 5.73 Å². The van der Waals surface area contributed by atoms with Crippen molar-refractivity contribution in [2.75, 3.05) is 6.54 Å². The van der Waals surface area contributed by atoms with Crippen molar-refractivity contribution in [1.82, 2.24) is 0 Å². The van der Waals surface area contributed by atoms with Gasteiger partial charge in [-0.3, -0.25) is 0 Å². The Morgan fingerprint density at radius 1 is 1.50 bits per heavy atom. The predicted molar refractivity (Wildman–Crippen MR) is 57.9 cm³/mol. The zero-order valence-corrected chi connectivity index (χ0v) is 9.02. The zero-order valence-electron chi connectivity index (χ0n) is 8.26. The Kier molecular flexibility index (Phi) is 4.36. The lowest BCUT2D eigenvalue weighted by atomic mass is 10.0. The van der Waals surface area contributed by atoms with Crippen LogP contribution < -0.4 is 5.73 Å². The van der Waals surface area contributed by atoms with Gasteiger partial charge in [0.25, 0.3) is 0 Å². The minimum atomic E-state index is -0.221. The first kappa shape index (κ1) is 11.5. The molecule has 0 aliphatic heterocycles. The van der Waals surface area contributed by atoms with Crippen molar-refractivity contribution in [3.05, 3.63) is 34.6 Å². The van der Waals surface area contributed by atoms with Crippen molar-refractivity contribution in [2.24, 2.45) is 11.7 Å². The molecule has 1 atom stereocenters. The van der Waals surface area contributed by atoms with E-state index in [9.17, 15) is 4.39 Å². The molecule has 2 N–H and O–H groups in total. The molecule has 0 aliphatic rings. The number of rotatable bonds is 4. The van der Waals surface area contributed by atoms with Crippen LogP contribution in [0.3, 0.4) is 0 Å². The molecule has 1 rings (SSSR count). The quantitative estimate of drug-likeness (QED) is 0.821. The third kappa shape index (κ3) is 2.96. The van der Waals surface area contributed by atoms with Crippen LogP contribution in [0, 0.1) is 11.7 Å². The molecule has 0 aliphatic carbocycles. The van der Waals surface area contributed by atoms with Gasteiger partial charge in [0.15, 0.2) is 0 Å². The third-order valence-electron chi connectivity index (χ3n) is 2.35. The van der Waals surface area contributed by atoms with E-state index in [0.29, 0.717) is 29.5 Å². The average molecular weight is 216 g/mol. The zero-order chi connectivity index (χ0) is 10.6. The van der Waals surface area contributed by atoms with Gasteiger partial charge in [-0.15, -0.1) is 0 Å². The van der Waals surface area contributed by atoms with Gasteiger partial charge >= 0.3 is 0 Å². The Hall–Kier alpha value is -0.600. The standard InChI is InChI=1S/C11H15ClFN/c1-8(7-14)5-6-9-10(12)3-2-4-11(9)13/h2-4,8H,5-7,14H2,1H3. The molecule has 3 heteroatoms. The molecule has 78 valence electrons. The minimum Gasteiger partial charge on any atom is -0.330 e. The molecule has 1 aromatic rings. The van der Waals surface area contributed by atoms with Gasteiger partial charge in [-0.1, -0.05) is 24.6 Å². The molecule has 0 heterocycles. The molecule has 1 nitrogen and oxygen atoms in total. The Balaban J connectivity index is 2.66. The molecule has 1 aromatic carbocycles. The maximum absolute atomic E-state index is 13.3. The molecule has 0 spiro atoms. The van der Waals surface area contributed by atoms with Gasteiger partial charge in [-0.05, 0) is 37.4 Å². The smallest absolute Gasteiger partial charge is 0.127 e. The number of benzene rings is 1. The fourth-order valence-corrected chi connectivity index (χ4v) is 1.54. The van der Waals surface area contributed by atoms with Crippen LogP contribution in [0.5, 0.6) is 0 Å². The fourth-order valence-electron chi connectivity index (χ4n) is 1.28. The highest BCUT2D eigenvalue weighted by molar-refractivity contribution is 6.31. The molecular weight excluding hydrogens is 201 g/mol. The summed E-state index contributed by atoms with van der Waals surface area (Å²) in [6.45, 7) is 2.68. The molecule has 0 saturated heterocycles. The molecule has 14 heavy (non-hydrogen) atoms. The second-order valence-corrected chi connectivity index (χ2v) is 3.99. The maximum Gasteiger partial charge on any atom is 0.127 e. The first-order chi connectivity index (χ1) is 6.65. The molecule has 1 unspecified atom stereocenters. The van der Waals surface area contributed by atoms with E-state index in [1.54, 1.807) is 12.1 Å². The topological polar surface area (TPSA) is 26.0 Å². The van der Waals surface area contributed by atoms with Crippen molar-refractivity contribution >= 4 is 11.6 Å². The minimum absolute atomic E-state index is 0.221. The van der Waals surface area contributed by atoms with E-state index < -0.39 is 0 Å². The first-order valence-electron chi connectivity index (χ1n) is 4.78. The van der Waals surface area contributed by atoms with Crippen molar-refractivity contribution in [1.29, 1.82) is 0 Å². The Morgan fingerprint density at radius 3 is 2.79 bits per heavy atom. The van der Waals surface area contributed by atoms with Crippen LogP contribution in [0.2, 0.25) is 5.02 Å². The Morgan fingerprint density at radius 2 is 2.21 bits per heavy atom. The van der Waals surface area contributed by atoms with Gasteiger partial charge in [0.1, 0.15) is 5.82 Å². The highest BCUT2D eigenvalue weighted by atomic mass is 35.5. The van der Waals surface area contributed by atoms with Crippen LogP contribution in [-0.4, -0.2) is 6.54 Å². The largest absolute Gasteiger partial charge is 0.330 e. The number of hydrogen-bond acceptors (Lipinski definition) is 1. The molecule has 0 amide bonds. The van der Waals surface area contributed by atoms with Crippen LogP contribution in [0.4, 0.5) is 4.39 Å². The first-order valence-corrected chi connectivity index (χ1v) is 5.16.